The van der Waals surface area contributed by atoms with Crippen LogP contribution in [-0.4, -0.2) is 31.9 Å². The van der Waals surface area contributed by atoms with Crippen LogP contribution in [0.2, 0.25) is 0 Å². The summed E-state index contributed by atoms with van der Waals surface area (Å²) >= 11 is 0. The summed E-state index contributed by atoms with van der Waals surface area (Å²) in [6.45, 7) is -8.06. The fourth-order valence-corrected chi connectivity index (χ4v) is 1.44. The molecule has 0 fully saturated rings. The molecule has 134 valence electrons. The normalized spacial score (nSPS) is 12.0. The minimum atomic E-state index is -4.61. The Balaban J connectivity index is 2.88. The molecule has 0 unspecified atom stereocenters. The van der Waals surface area contributed by atoms with Gasteiger partial charge < -0.3 is 14.8 Å². The molecule has 11 heteroatoms. The Labute approximate surface area is 130 Å². The Morgan fingerprint density at radius 3 is 2.29 bits per heavy atom. The Morgan fingerprint density at radius 2 is 1.75 bits per heavy atom. The maximum Gasteiger partial charge on any atom is 0.405 e. The van der Waals surface area contributed by atoms with Gasteiger partial charge in [0.05, 0.1) is 0 Å². The van der Waals surface area contributed by atoms with Crippen molar-refractivity contribution in [3.05, 3.63) is 29.8 Å². The van der Waals surface area contributed by atoms with Crippen LogP contribution in [-0.2, 0) is 4.79 Å². The van der Waals surface area contributed by atoms with Crippen molar-refractivity contribution in [1.82, 2.24) is 5.32 Å². The van der Waals surface area contributed by atoms with Gasteiger partial charge in [-0.25, -0.2) is 0 Å². The zero-order valence-corrected chi connectivity index (χ0v) is 11.6. The Morgan fingerprint density at radius 1 is 1.12 bits per heavy atom. The predicted molar refractivity (Wildman–Crippen MR) is 67.8 cm³/mol. The van der Waals surface area contributed by atoms with Crippen LogP contribution in [0.1, 0.15) is 5.56 Å². The second-order valence-corrected chi connectivity index (χ2v) is 4.12. The van der Waals surface area contributed by atoms with Gasteiger partial charge in [-0.05, 0) is 18.2 Å². The van der Waals surface area contributed by atoms with Crippen LogP contribution in [0.25, 0.3) is 6.08 Å². The van der Waals surface area contributed by atoms with Crippen molar-refractivity contribution < 1.29 is 45.0 Å². The van der Waals surface area contributed by atoms with Gasteiger partial charge in [0.1, 0.15) is 18.0 Å². The summed E-state index contributed by atoms with van der Waals surface area (Å²) in [7, 11) is 0. The number of benzene rings is 1. The molecule has 0 aromatic heterocycles. The molecule has 1 amide bonds. The number of halogens is 7. The Kier molecular flexibility index (Phi) is 6.86. The van der Waals surface area contributed by atoms with Gasteiger partial charge in [0, 0.05) is 17.7 Å². The first-order valence-corrected chi connectivity index (χ1v) is 6.13. The van der Waals surface area contributed by atoms with Crippen LogP contribution >= 0.6 is 0 Å². The highest BCUT2D eigenvalue weighted by molar-refractivity contribution is 5.92. The molecule has 0 atom stereocenters. The smallest absolute Gasteiger partial charge is 0.405 e. The number of alkyl halides is 7. The second kappa shape index (κ2) is 8.41. The third-order valence-corrected chi connectivity index (χ3v) is 2.30. The molecule has 0 heterocycles. The van der Waals surface area contributed by atoms with E-state index in [0.717, 1.165) is 24.3 Å². The maximum atomic E-state index is 12.3. The first-order valence-electron chi connectivity index (χ1n) is 6.13. The molecule has 0 bridgehead atoms. The summed E-state index contributed by atoms with van der Waals surface area (Å²) in [5.41, 5.74) is -0.154. The molecule has 0 saturated carbocycles. The fourth-order valence-electron chi connectivity index (χ4n) is 1.44. The lowest BCUT2D eigenvalue weighted by Gasteiger charge is -2.11. The van der Waals surface area contributed by atoms with E-state index in [1.165, 1.54) is 5.32 Å². The number of carbonyl (C=O) groups excluding carboxylic acids is 1. The molecule has 24 heavy (non-hydrogen) atoms. The van der Waals surface area contributed by atoms with Crippen molar-refractivity contribution in [3.8, 4) is 11.5 Å². The Bertz CT molecular complexity index is 587. The van der Waals surface area contributed by atoms with E-state index in [1.54, 1.807) is 0 Å². The summed E-state index contributed by atoms with van der Waals surface area (Å²) in [4.78, 5) is 11.2. The van der Waals surface area contributed by atoms with Crippen molar-refractivity contribution in [1.29, 1.82) is 0 Å². The lowest BCUT2D eigenvalue weighted by atomic mass is 10.1. The van der Waals surface area contributed by atoms with Crippen molar-refractivity contribution in [2.45, 2.75) is 19.4 Å². The van der Waals surface area contributed by atoms with Gasteiger partial charge in [-0.3, -0.25) is 4.79 Å². The van der Waals surface area contributed by atoms with E-state index in [1.807, 2.05) is 0 Å². The summed E-state index contributed by atoms with van der Waals surface area (Å²) < 4.78 is 92.6. The van der Waals surface area contributed by atoms with Crippen LogP contribution in [0, 0.1) is 0 Å². The number of amides is 1. The predicted octanol–water partition coefficient (Wildman–Crippen LogP) is 3.58. The van der Waals surface area contributed by atoms with E-state index in [2.05, 4.69) is 9.47 Å². The molecule has 0 aliphatic rings. The average Bonchev–Trinajstić information content (AvgIpc) is 2.42. The zero-order chi connectivity index (χ0) is 18.3. The SMILES string of the molecule is O=C(C=Cc1ccc(OC(F)F)cc1OC(F)F)NCC(F)(F)F. The summed E-state index contributed by atoms with van der Waals surface area (Å²) in [6.07, 6.45) is -3.08. The monoisotopic (exact) mass is 361 g/mol. The van der Waals surface area contributed by atoms with E-state index < -0.39 is 43.4 Å². The molecule has 1 aromatic rings. The van der Waals surface area contributed by atoms with Crippen molar-refractivity contribution >= 4 is 12.0 Å². The van der Waals surface area contributed by atoms with E-state index >= 15 is 0 Å². The molecule has 1 rings (SSSR count). The van der Waals surface area contributed by atoms with E-state index in [-0.39, 0.29) is 5.56 Å². The lowest BCUT2D eigenvalue weighted by molar-refractivity contribution is -0.135. The van der Waals surface area contributed by atoms with Gasteiger partial charge in [-0.1, -0.05) is 0 Å². The molecule has 1 N–H and O–H groups in total. The molecule has 0 aliphatic carbocycles. The molecule has 4 nitrogen and oxygen atoms in total. The zero-order valence-electron chi connectivity index (χ0n) is 11.6. The van der Waals surface area contributed by atoms with E-state index in [4.69, 9.17) is 0 Å². The standard InChI is InChI=1S/C13H10F7NO3/c14-11(15)23-8-3-1-7(9(5-8)24-12(16)17)2-4-10(22)21-6-13(18,19)20/h1-5,11-12H,6H2,(H,21,22). The molecular weight excluding hydrogens is 351 g/mol. The third kappa shape index (κ3) is 7.70. The van der Waals surface area contributed by atoms with Gasteiger partial charge in [-0.15, -0.1) is 0 Å². The highest BCUT2D eigenvalue weighted by Gasteiger charge is 2.27. The minimum absolute atomic E-state index is 0.154. The van der Waals surface area contributed by atoms with Gasteiger partial charge >= 0.3 is 19.4 Å². The summed E-state index contributed by atoms with van der Waals surface area (Å²) in [5, 5.41) is 1.53. The van der Waals surface area contributed by atoms with Gasteiger partial charge in [0.2, 0.25) is 5.91 Å². The van der Waals surface area contributed by atoms with Crippen molar-refractivity contribution in [3.63, 3.8) is 0 Å². The van der Waals surface area contributed by atoms with Crippen LogP contribution in [0.3, 0.4) is 0 Å². The second-order valence-electron chi connectivity index (χ2n) is 4.12. The highest BCUT2D eigenvalue weighted by Crippen LogP contribution is 2.28. The van der Waals surface area contributed by atoms with E-state index in [0.29, 0.717) is 6.08 Å². The quantitative estimate of drug-likeness (QED) is 0.597. The lowest BCUT2D eigenvalue weighted by Crippen LogP contribution is -2.32. The summed E-state index contributed by atoms with van der Waals surface area (Å²) in [5.74, 6) is -2.20. The van der Waals surface area contributed by atoms with Gasteiger partial charge in [0.25, 0.3) is 0 Å². The first-order chi connectivity index (χ1) is 11.1. The van der Waals surface area contributed by atoms with Crippen molar-refractivity contribution in [2.75, 3.05) is 6.54 Å². The number of ether oxygens (including phenoxy) is 2. The largest absolute Gasteiger partial charge is 0.435 e. The number of carbonyl (C=O) groups is 1. The maximum absolute atomic E-state index is 12.3. The number of nitrogens with one attached hydrogen (secondary N) is 1. The van der Waals surface area contributed by atoms with E-state index in [9.17, 15) is 35.5 Å². The molecule has 0 aliphatic heterocycles. The van der Waals surface area contributed by atoms with Gasteiger partial charge in [0.15, 0.2) is 0 Å². The van der Waals surface area contributed by atoms with Crippen LogP contribution in [0.5, 0.6) is 11.5 Å². The van der Waals surface area contributed by atoms with Crippen LogP contribution < -0.4 is 14.8 Å². The number of rotatable bonds is 7. The van der Waals surface area contributed by atoms with Crippen molar-refractivity contribution in [2.24, 2.45) is 0 Å². The Hall–Kier alpha value is -2.46. The fraction of sp³-hybridized carbons (Fsp3) is 0.308. The molecule has 0 saturated heterocycles. The summed E-state index contributed by atoms with van der Waals surface area (Å²) in [6, 6.07) is 2.73. The molecule has 1 aromatic carbocycles. The minimum Gasteiger partial charge on any atom is -0.435 e. The molecule has 0 radical (unpaired) electrons. The van der Waals surface area contributed by atoms with Crippen LogP contribution in [0.4, 0.5) is 30.7 Å². The molecular formula is C13H10F7NO3. The number of hydrogen-bond acceptors (Lipinski definition) is 3. The average molecular weight is 361 g/mol. The topological polar surface area (TPSA) is 47.6 Å². The highest BCUT2D eigenvalue weighted by atomic mass is 19.4. The van der Waals surface area contributed by atoms with Gasteiger partial charge in [-0.2, -0.15) is 30.7 Å². The first kappa shape index (κ1) is 19.6. The third-order valence-electron chi connectivity index (χ3n) is 2.30. The van der Waals surface area contributed by atoms with Crippen LogP contribution in [0.15, 0.2) is 24.3 Å². The number of hydrogen-bond donors (Lipinski definition) is 1. The molecule has 0 spiro atoms.